The molecule has 8 N–H and O–H groups in total. The van der Waals surface area contributed by atoms with E-state index in [-0.39, 0.29) is 35.5 Å². The normalized spacial score (nSPS) is 28.7. The number of aliphatic hydroxyl groups excluding tert-OH is 4. The average Bonchev–Trinajstić information content (AvgIpc) is 2.77. The number of fused-ring (bicyclic) bond motifs is 3. The first-order valence-corrected chi connectivity index (χ1v) is 10.9. The number of Topliss-reactive ketones (excluding diaryl/α,β-unsaturated/α-hetero) is 2. The standard InChI is InChI=1S/C24H26N2O9/c1-26(2)18-13-7-10-6-12-9(5-11(28)8-27)3-4-14(29)16(12)19(30)15(10)21(32)24(13,35)22(33)17(20(18)31)23(25)34/h3-5,10,13,18,27-30,33,35H,6-8H2,1-2H3,(H2,25,34)/b11-5-/t10-,13-,18-,24-/m0/s1. The lowest BCUT2D eigenvalue weighted by atomic mass is 9.57. The van der Waals surface area contributed by atoms with Gasteiger partial charge in [-0.05, 0) is 56.1 Å². The molecule has 0 aromatic heterocycles. The summed E-state index contributed by atoms with van der Waals surface area (Å²) in [6.07, 6.45) is 1.29. The minimum absolute atomic E-state index is 0.0451. The van der Waals surface area contributed by atoms with Crippen molar-refractivity contribution in [2.45, 2.75) is 24.5 Å². The summed E-state index contributed by atoms with van der Waals surface area (Å²) in [6, 6.07) is 1.54. The SMILES string of the molecule is CN(C)[C@@H]1C(=O)C(C(N)=O)=C(O)[C@@]2(O)C(=O)C3=C(O)c4c(O)ccc(/C=C(\O)CO)c4C[C@H]3C[C@@H]12. The van der Waals surface area contributed by atoms with Gasteiger partial charge in [0, 0.05) is 11.5 Å². The number of benzene rings is 1. The summed E-state index contributed by atoms with van der Waals surface area (Å²) in [6.45, 7) is -0.639. The summed E-state index contributed by atoms with van der Waals surface area (Å²) in [5, 5.41) is 62.9. The van der Waals surface area contributed by atoms with Crippen LogP contribution in [-0.2, 0) is 20.8 Å². The molecule has 1 aromatic rings. The quantitative estimate of drug-likeness (QED) is 0.222. The zero-order valence-corrected chi connectivity index (χ0v) is 19.0. The number of phenolic OH excluding ortho intramolecular Hbond substituents is 1. The Morgan fingerprint density at radius 3 is 2.46 bits per heavy atom. The van der Waals surface area contributed by atoms with Gasteiger partial charge in [-0.15, -0.1) is 0 Å². The lowest BCUT2D eigenvalue weighted by Gasteiger charge is -2.50. The van der Waals surface area contributed by atoms with Gasteiger partial charge in [-0.25, -0.2) is 0 Å². The van der Waals surface area contributed by atoms with Crippen molar-refractivity contribution in [1.29, 1.82) is 0 Å². The lowest BCUT2D eigenvalue weighted by molar-refractivity contribution is -0.153. The fourth-order valence-corrected chi connectivity index (χ4v) is 5.63. The Morgan fingerprint density at radius 1 is 1.23 bits per heavy atom. The highest BCUT2D eigenvalue weighted by molar-refractivity contribution is 6.24. The van der Waals surface area contributed by atoms with Crippen LogP contribution in [0.3, 0.4) is 0 Å². The highest BCUT2D eigenvalue weighted by atomic mass is 16.3. The van der Waals surface area contributed by atoms with Gasteiger partial charge in [0.1, 0.15) is 35.2 Å². The van der Waals surface area contributed by atoms with Crippen molar-refractivity contribution in [2.24, 2.45) is 17.6 Å². The molecular weight excluding hydrogens is 460 g/mol. The molecular formula is C24H26N2O9. The van der Waals surface area contributed by atoms with Crippen molar-refractivity contribution >= 4 is 29.3 Å². The van der Waals surface area contributed by atoms with Crippen molar-refractivity contribution in [3.05, 3.63) is 51.5 Å². The number of primary amides is 1. The number of phenols is 1. The molecule has 35 heavy (non-hydrogen) atoms. The fourth-order valence-electron chi connectivity index (χ4n) is 5.63. The van der Waals surface area contributed by atoms with Gasteiger partial charge < -0.3 is 36.4 Å². The topological polar surface area (TPSA) is 202 Å². The van der Waals surface area contributed by atoms with E-state index in [0.717, 1.165) is 0 Å². The molecule has 1 amide bonds. The van der Waals surface area contributed by atoms with Crippen LogP contribution in [0.15, 0.2) is 34.8 Å². The fraction of sp³-hybridized carbons (Fsp3) is 0.375. The zero-order valence-electron chi connectivity index (χ0n) is 19.0. The van der Waals surface area contributed by atoms with Gasteiger partial charge in [0.05, 0.1) is 11.6 Å². The number of nitrogens with zero attached hydrogens (tertiary/aromatic N) is 1. The largest absolute Gasteiger partial charge is 0.510 e. The van der Waals surface area contributed by atoms with E-state index in [9.17, 15) is 45.0 Å². The Balaban J connectivity index is 1.97. The molecule has 4 atom stereocenters. The Bertz CT molecular complexity index is 1260. The van der Waals surface area contributed by atoms with Gasteiger partial charge in [0.25, 0.3) is 5.91 Å². The smallest absolute Gasteiger partial charge is 0.255 e. The van der Waals surface area contributed by atoms with E-state index < -0.39 is 64.7 Å². The predicted molar refractivity (Wildman–Crippen MR) is 122 cm³/mol. The summed E-state index contributed by atoms with van der Waals surface area (Å²) < 4.78 is 0. The summed E-state index contributed by atoms with van der Waals surface area (Å²) in [7, 11) is 3.04. The molecule has 0 radical (unpaired) electrons. The third kappa shape index (κ3) is 3.34. The maximum atomic E-state index is 13.7. The minimum Gasteiger partial charge on any atom is -0.510 e. The summed E-state index contributed by atoms with van der Waals surface area (Å²) >= 11 is 0. The molecule has 186 valence electrons. The van der Waals surface area contributed by atoms with Crippen molar-refractivity contribution in [2.75, 3.05) is 20.7 Å². The Labute approximate surface area is 199 Å². The second kappa shape index (κ2) is 8.22. The molecule has 1 saturated carbocycles. The number of rotatable bonds is 4. The van der Waals surface area contributed by atoms with Crippen LogP contribution < -0.4 is 5.73 Å². The number of amides is 1. The second-order valence-corrected chi connectivity index (χ2v) is 9.28. The van der Waals surface area contributed by atoms with Crippen LogP contribution in [0.2, 0.25) is 0 Å². The average molecular weight is 486 g/mol. The highest BCUT2D eigenvalue weighted by Gasteiger charge is 2.64. The number of aromatic hydroxyl groups is 1. The van der Waals surface area contributed by atoms with Crippen LogP contribution in [0.5, 0.6) is 5.75 Å². The van der Waals surface area contributed by atoms with Crippen LogP contribution in [0.4, 0.5) is 0 Å². The number of nitrogens with two attached hydrogens (primary N) is 1. The lowest BCUT2D eigenvalue weighted by Crippen LogP contribution is -2.65. The molecule has 11 heteroatoms. The summed E-state index contributed by atoms with van der Waals surface area (Å²) in [5.74, 6) is -7.65. The van der Waals surface area contributed by atoms with E-state index in [1.165, 1.54) is 37.2 Å². The number of ketones is 2. The van der Waals surface area contributed by atoms with Gasteiger partial charge in [0.2, 0.25) is 5.78 Å². The maximum Gasteiger partial charge on any atom is 0.255 e. The van der Waals surface area contributed by atoms with Gasteiger partial charge in [-0.3, -0.25) is 19.3 Å². The molecule has 4 rings (SSSR count). The number of hydrogen-bond acceptors (Lipinski definition) is 10. The summed E-state index contributed by atoms with van der Waals surface area (Å²) in [5.41, 5.74) is 2.12. The summed E-state index contributed by atoms with van der Waals surface area (Å²) in [4.78, 5) is 40.2. The minimum atomic E-state index is -2.70. The molecule has 0 spiro atoms. The first-order valence-electron chi connectivity index (χ1n) is 10.9. The molecule has 0 bridgehead atoms. The molecule has 3 aliphatic rings. The maximum absolute atomic E-state index is 13.7. The molecule has 0 aliphatic heterocycles. The van der Waals surface area contributed by atoms with E-state index >= 15 is 0 Å². The van der Waals surface area contributed by atoms with Crippen molar-refractivity contribution < 1.29 is 45.0 Å². The first kappa shape index (κ1) is 24.5. The number of likely N-dealkylation sites (N-methyl/N-ethyl adjacent to an activating group) is 1. The van der Waals surface area contributed by atoms with Gasteiger partial charge in [-0.2, -0.15) is 0 Å². The molecule has 0 unspecified atom stereocenters. The molecule has 0 heterocycles. The van der Waals surface area contributed by atoms with E-state index in [4.69, 9.17) is 5.73 Å². The van der Waals surface area contributed by atoms with Gasteiger partial charge >= 0.3 is 0 Å². The number of aliphatic hydroxyl groups is 5. The van der Waals surface area contributed by atoms with Crippen LogP contribution in [-0.4, -0.2) is 85.4 Å². The Hall–Kier alpha value is -3.67. The highest BCUT2D eigenvalue weighted by Crippen LogP contribution is 2.53. The molecule has 11 nitrogen and oxygen atoms in total. The monoisotopic (exact) mass is 486 g/mol. The Morgan fingerprint density at radius 2 is 1.89 bits per heavy atom. The number of carbonyl (C=O) groups excluding carboxylic acids is 3. The number of carbonyl (C=O) groups is 3. The predicted octanol–water partition coefficient (Wildman–Crippen LogP) is -0.145. The van der Waals surface area contributed by atoms with Crippen molar-refractivity contribution in [3.8, 4) is 5.75 Å². The number of hydrogen-bond donors (Lipinski definition) is 7. The van der Waals surface area contributed by atoms with Crippen LogP contribution >= 0.6 is 0 Å². The molecule has 3 aliphatic carbocycles. The van der Waals surface area contributed by atoms with Gasteiger partial charge in [-0.1, -0.05) is 6.07 Å². The molecule has 1 fully saturated rings. The van der Waals surface area contributed by atoms with E-state index in [2.05, 4.69) is 0 Å². The van der Waals surface area contributed by atoms with Gasteiger partial charge in [0.15, 0.2) is 11.4 Å². The third-order valence-corrected chi connectivity index (χ3v) is 7.12. The van der Waals surface area contributed by atoms with Crippen molar-refractivity contribution in [1.82, 2.24) is 4.90 Å². The molecule has 0 saturated heterocycles. The second-order valence-electron chi connectivity index (χ2n) is 9.28. The van der Waals surface area contributed by atoms with Crippen LogP contribution in [0, 0.1) is 11.8 Å². The first-order chi connectivity index (χ1) is 16.4. The van der Waals surface area contributed by atoms with E-state index in [1.54, 1.807) is 0 Å². The van der Waals surface area contributed by atoms with Crippen LogP contribution in [0.1, 0.15) is 23.1 Å². The van der Waals surface area contributed by atoms with Crippen molar-refractivity contribution in [3.63, 3.8) is 0 Å². The van der Waals surface area contributed by atoms with E-state index in [0.29, 0.717) is 11.1 Å². The molecule has 1 aromatic carbocycles. The zero-order chi connectivity index (χ0) is 26.0. The van der Waals surface area contributed by atoms with Crippen LogP contribution in [0.25, 0.3) is 11.8 Å². The third-order valence-electron chi connectivity index (χ3n) is 7.12. The van der Waals surface area contributed by atoms with E-state index in [1.807, 2.05) is 0 Å². The Kier molecular flexibility index (Phi) is 5.75.